The van der Waals surface area contributed by atoms with Gasteiger partial charge in [-0.05, 0) is 50.6 Å². The number of rotatable bonds is 9. The minimum Gasteiger partial charge on any atom is -0.357 e. The molecule has 1 fully saturated rings. The fraction of sp³-hybridized carbons (Fsp3) is 0.435. The van der Waals surface area contributed by atoms with Crippen LogP contribution in [0.5, 0.6) is 0 Å². The maximum atomic E-state index is 12.5. The lowest BCUT2D eigenvalue weighted by molar-refractivity contribution is 0.251. The molecule has 7 heteroatoms. The maximum Gasteiger partial charge on any atom is 0.191 e. The Kier molecular flexibility index (Phi) is 8.28. The van der Waals surface area contributed by atoms with Crippen LogP contribution in [0.2, 0.25) is 0 Å². The Morgan fingerprint density at radius 1 is 1.00 bits per heavy atom. The quantitative estimate of drug-likeness (QED) is 0.475. The summed E-state index contributed by atoms with van der Waals surface area (Å²) in [5, 5.41) is 6.42. The molecule has 1 heterocycles. The molecule has 0 aromatic heterocycles. The third kappa shape index (κ3) is 6.31. The van der Waals surface area contributed by atoms with Gasteiger partial charge < -0.3 is 10.6 Å². The number of likely N-dealkylation sites (tertiary alicyclic amines) is 1. The summed E-state index contributed by atoms with van der Waals surface area (Å²) >= 11 is 0. The highest BCUT2D eigenvalue weighted by Gasteiger charge is 2.23. The number of sulfone groups is 1. The van der Waals surface area contributed by atoms with E-state index in [2.05, 4.69) is 39.8 Å². The first-order valence-corrected chi connectivity index (χ1v) is 12.3. The van der Waals surface area contributed by atoms with Gasteiger partial charge in [-0.2, -0.15) is 0 Å². The number of benzene rings is 2. The fourth-order valence-electron chi connectivity index (χ4n) is 3.73. The van der Waals surface area contributed by atoms with Crippen molar-refractivity contribution in [2.24, 2.45) is 4.99 Å². The van der Waals surface area contributed by atoms with Crippen LogP contribution in [0.3, 0.4) is 0 Å². The lowest BCUT2D eigenvalue weighted by atomic mass is 10.1. The molecule has 1 atom stereocenters. The third-order valence-electron chi connectivity index (χ3n) is 5.30. The summed E-state index contributed by atoms with van der Waals surface area (Å²) in [5.41, 5.74) is 1.27. The van der Waals surface area contributed by atoms with Crippen LogP contribution in [-0.4, -0.2) is 57.8 Å². The number of nitrogens with zero attached hydrogens (tertiary/aromatic N) is 2. The van der Waals surface area contributed by atoms with Crippen LogP contribution in [0.25, 0.3) is 0 Å². The van der Waals surface area contributed by atoms with Crippen molar-refractivity contribution < 1.29 is 8.42 Å². The Hall–Kier alpha value is -2.38. The Morgan fingerprint density at radius 3 is 2.27 bits per heavy atom. The van der Waals surface area contributed by atoms with Crippen LogP contribution in [0.15, 0.2) is 70.6 Å². The highest BCUT2D eigenvalue weighted by molar-refractivity contribution is 7.91. The van der Waals surface area contributed by atoms with E-state index in [1.807, 2.05) is 19.1 Å². The monoisotopic (exact) mass is 428 g/mol. The van der Waals surface area contributed by atoms with Crippen molar-refractivity contribution in [3.8, 4) is 0 Å². The molecule has 0 amide bonds. The molecule has 3 rings (SSSR count). The van der Waals surface area contributed by atoms with Gasteiger partial charge in [0.05, 0.1) is 23.2 Å². The smallest absolute Gasteiger partial charge is 0.191 e. The number of hydrogen-bond acceptors (Lipinski definition) is 4. The fourth-order valence-corrected chi connectivity index (χ4v) is 4.91. The van der Waals surface area contributed by atoms with E-state index >= 15 is 0 Å². The summed E-state index contributed by atoms with van der Waals surface area (Å²) in [6.45, 7) is 5.85. The summed E-state index contributed by atoms with van der Waals surface area (Å²) in [4.78, 5) is 7.63. The average Bonchev–Trinajstić information content (AvgIpc) is 3.30. The lowest BCUT2D eigenvalue weighted by Crippen LogP contribution is -2.40. The first kappa shape index (κ1) is 22.3. The normalized spacial score (nSPS) is 16.4. The number of aliphatic imine (C=N–C) groups is 1. The summed E-state index contributed by atoms with van der Waals surface area (Å²) in [7, 11) is -3.31. The van der Waals surface area contributed by atoms with Gasteiger partial charge in [-0.3, -0.25) is 9.89 Å². The highest BCUT2D eigenvalue weighted by Crippen LogP contribution is 2.25. The topological polar surface area (TPSA) is 73.8 Å². The molecule has 1 unspecified atom stereocenters. The highest BCUT2D eigenvalue weighted by atomic mass is 32.2. The molecule has 0 saturated carbocycles. The largest absolute Gasteiger partial charge is 0.357 e. The maximum absolute atomic E-state index is 12.5. The van der Waals surface area contributed by atoms with Gasteiger partial charge >= 0.3 is 0 Å². The molecule has 0 aliphatic carbocycles. The van der Waals surface area contributed by atoms with Crippen molar-refractivity contribution in [2.75, 3.05) is 38.5 Å². The summed E-state index contributed by atoms with van der Waals surface area (Å²) < 4.78 is 25.0. The van der Waals surface area contributed by atoms with Crippen LogP contribution < -0.4 is 10.6 Å². The van der Waals surface area contributed by atoms with E-state index in [0.29, 0.717) is 23.9 Å². The van der Waals surface area contributed by atoms with Gasteiger partial charge in [-0.15, -0.1) is 0 Å². The van der Waals surface area contributed by atoms with E-state index in [1.165, 1.54) is 18.4 Å². The molecule has 1 saturated heterocycles. The Balaban J connectivity index is 1.64. The van der Waals surface area contributed by atoms with Crippen LogP contribution in [0, 0.1) is 0 Å². The second-order valence-corrected chi connectivity index (χ2v) is 9.56. The van der Waals surface area contributed by atoms with Crippen LogP contribution in [-0.2, 0) is 9.84 Å². The standard InChI is InChI=1S/C23H32N4O2S/c1-2-24-23(25-15-18-30(28,29)21-13-7-4-8-14-21)26-19-22(27-16-9-10-17-27)20-11-5-3-6-12-20/h3-8,11-14,22H,2,9-10,15-19H2,1H3,(H2,24,25,26). The molecule has 0 radical (unpaired) electrons. The van der Waals surface area contributed by atoms with E-state index in [4.69, 9.17) is 4.99 Å². The molecular weight excluding hydrogens is 396 g/mol. The molecule has 30 heavy (non-hydrogen) atoms. The van der Waals surface area contributed by atoms with Gasteiger partial charge in [-0.25, -0.2) is 8.42 Å². The molecule has 2 aromatic carbocycles. The zero-order valence-electron chi connectivity index (χ0n) is 17.6. The van der Waals surface area contributed by atoms with Crippen LogP contribution in [0.1, 0.15) is 31.4 Å². The second-order valence-electron chi connectivity index (χ2n) is 7.45. The van der Waals surface area contributed by atoms with Crippen molar-refractivity contribution >= 4 is 15.8 Å². The number of nitrogens with one attached hydrogen (secondary N) is 2. The van der Waals surface area contributed by atoms with E-state index in [0.717, 1.165) is 19.6 Å². The van der Waals surface area contributed by atoms with E-state index < -0.39 is 9.84 Å². The van der Waals surface area contributed by atoms with Gasteiger partial charge in [0.1, 0.15) is 0 Å². The lowest BCUT2D eigenvalue weighted by Gasteiger charge is -2.27. The van der Waals surface area contributed by atoms with Gasteiger partial charge in [0.15, 0.2) is 15.8 Å². The van der Waals surface area contributed by atoms with E-state index in [-0.39, 0.29) is 11.8 Å². The first-order chi connectivity index (χ1) is 14.6. The van der Waals surface area contributed by atoms with Gasteiger partial charge in [0.2, 0.25) is 0 Å². The van der Waals surface area contributed by atoms with E-state index in [9.17, 15) is 8.42 Å². The predicted octanol–water partition coefficient (Wildman–Crippen LogP) is 2.85. The average molecular weight is 429 g/mol. The Labute approximate surface area is 180 Å². The SMILES string of the molecule is CCNC(=NCC(c1ccccc1)N1CCCC1)NCCS(=O)(=O)c1ccccc1. The van der Waals surface area contributed by atoms with Crippen LogP contribution in [0.4, 0.5) is 0 Å². The minimum atomic E-state index is -3.31. The van der Waals surface area contributed by atoms with Gasteiger partial charge in [0, 0.05) is 13.1 Å². The predicted molar refractivity (Wildman–Crippen MR) is 122 cm³/mol. The minimum absolute atomic E-state index is 0.0235. The number of hydrogen-bond donors (Lipinski definition) is 2. The zero-order chi connectivity index (χ0) is 21.2. The molecule has 0 bridgehead atoms. The van der Waals surface area contributed by atoms with Crippen molar-refractivity contribution in [1.82, 2.24) is 15.5 Å². The molecule has 0 spiro atoms. The summed E-state index contributed by atoms with van der Waals surface area (Å²) in [6.07, 6.45) is 2.45. The van der Waals surface area contributed by atoms with E-state index in [1.54, 1.807) is 24.3 Å². The van der Waals surface area contributed by atoms with Crippen molar-refractivity contribution in [1.29, 1.82) is 0 Å². The zero-order valence-corrected chi connectivity index (χ0v) is 18.4. The summed E-state index contributed by atoms with van der Waals surface area (Å²) in [6, 6.07) is 19.3. The Morgan fingerprint density at radius 2 is 1.63 bits per heavy atom. The van der Waals surface area contributed by atoms with Gasteiger partial charge in [0.25, 0.3) is 0 Å². The second kappa shape index (κ2) is 11.1. The molecule has 6 nitrogen and oxygen atoms in total. The van der Waals surface area contributed by atoms with Crippen molar-refractivity contribution in [3.63, 3.8) is 0 Å². The molecule has 162 valence electrons. The van der Waals surface area contributed by atoms with Crippen LogP contribution >= 0.6 is 0 Å². The van der Waals surface area contributed by atoms with Gasteiger partial charge in [-0.1, -0.05) is 48.5 Å². The molecule has 1 aliphatic rings. The molecule has 2 aromatic rings. The van der Waals surface area contributed by atoms with Crippen molar-refractivity contribution in [2.45, 2.75) is 30.7 Å². The van der Waals surface area contributed by atoms with Crippen molar-refractivity contribution in [3.05, 3.63) is 66.2 Å². The first-order valence-electron chi connectivity index (χ1n) is 10.7. The molecular formula is C23H32N4O2S. The molecule has 2 N–H and O–H groups in total. The third-order valence-corrected chi connectivity index (χ3v) is 7.03. The Bertz CT molecular complexity index is 895. The molecule has 1 aliphatic heterocycles. The summed E-state index contributed by atoms with van der Waals surface area (Å²) in [5.74, 6) is 0.677. The number of guanidine groups is 1.